The van der Waals surface area contributed by atoms with Crippen molar-refractivity contribution < 1.29 is 14.3 Å². The van der Waals surface area contributed by atoms with Crippen molar-refractivity contribution in [2.75, 3.05) is 6.79 Å². The highest BCUT2D eigenvalue weighted by Crippen LogP contribution is 2.33. The van der Waals surface area contributed by atoms with Crippen LogP contribution in [-0.4, -0.2) is 27.9 Å². The summed E-state index contributed by atoms with van der Waals surface area (Å²) in [5.41, 5.74) is 2.55. The van der Waals surface area contributed by atoms with Crippen molar-refractivity contribution in [3.63, 3.8) is 0 Å². The van der Waals surface area contributed by atoms with Crippen LogP contribution < -0.4 is 20.3 Å². The second-order valence-corrected chi connectivity index (χ2v) is 9.42. The van der Waals surface area contributed by atoms with Crippen LogP contribution >= 0.6 is 23.1 Å². The molecule has 0 spiro atoms. The fraction of sp³-hybridized carbons (Fsp3) is 0.174. The minimum absolute atomic E-state index is 0.147. The van der Waals surface area contributed by atoms with Gasteiger partial charge in [0.25, 0.3) is 5.56 Å². The summed E-state index contributed by atoms with van der Waals surface area (Å²) in [7, 11) is 0. The number of ether oxygens (including phenoxy) is 2. The van der Waals surface area contributed by atoms with Crippen LogP contribution in [-0.2, 0) is 11.3 Å². The predicted molar refractivity (Wildman–Crippen MR) is 125 cm³/mol. The van der Waals surface area contributed by atoms with Crippen molar-refractivity contribution >= 4 is 39.2 Å². The van der Waals surface area contributed by atoms with Crippen molar-refractivity contribution in [2.45, 2.75) is 23.9 Å². The highest BCUT2D eigenvalue weighted by Gasteiger charge is 2.19. The standard InChI is InChI=1S/C23H19N3O4S2/c1-13(20(27)24-10-14-7-8-17-18(9-14)30-12-29-17)32-23-25-21(28)19-16(11-31-22(19)26-23)15-5-3-2-4-6-15/h2-9,11,13H,10,12H2,1H3,(H,24,27)(H,25,26,28)/t13-/m1/s1. The third-order valence-corrected chi connectivity index (χ3v) is 6.92. The number of H-pyrrole nitrogens is 1. The largest absolute Gasteiger partial charge is 0.454 e. The first-order valence-corrected chi connectivity index (χ1v) is 11.7. The number of thiophene rings is 1. The second-order valence-electron chi connectivity index (χ2n) is 7.23. The molecule has 3 heterocycles. The Balaban J connectivity index is 1.27. The van der Waals surface area contributed by atoms with Crippen LogP contribution in [0.5, 0.6) is 11.5 Å². The van der Waals surface area contributed by atoms with Crippen molar-refractivity contribution in [3.8, 4) is 22.6 Å². The van der Waals surface area contributed by atoms with Gasteiger partial charge in [-0.25, -0.2) is 4.98 Å². The summed E-state index contributed by atoms with van der Waals surface area (Å²) < 4.78 is 10.7. The fourth-order valence-electron chi connectivity index (χ4n) is 3.42. The van der Waals surface area contributed by atoms with Gasteiger partial charge in [0.2, 0.25) is 12.7 Å². The first-order valence-electron chi connectivity index (χ1n) is 9.98. The monoisotopic (exact) mass is 465 g/mol. The van der Waals surface area contributed by atoms with E-state index in [1.165, 1.54) is 23.1 Å². The van der Waals surface area contributed by atoms with Gasteiger partial charge in [-0.1, -0.05) is 48.2 Å². The van der Waals surface area contributed by atoms with Gasteiger partial charge in [0, 0.05) is 17.5 Å². The molecular formula is C23H19N3O4S2. The van der Waals surface area contributed by atoms with E-state index in [9.17, 15) is 9.59 Å². The maximum Gasteiger partial charge on any atom is 0.260 e. The van der Waals surface area contributed by atoms with Crippen LogP contribution in [0.2, 0.25) is 0 Å². The molecule has 5 rings (SSSR count). The quantitative estimate of drug-likeness (QED) is 0.328. The topological polar surface area (TPSA) is 93.3 Å². The lowest BCUT2D eigenvalue weighted by Gasteiger charge is -2.12. The first kappa shape index (κ1) is 20.6. The van der Waals surface area contributed by atoms with Crippen LogP contribution in [0.15, 0.2) is 63.9 Å². The SMILES string of the molecule is C[C@@H](Sc1nc2scc(-c3ccccc3)c2c(=O)[nH]1)C(=O)NCc1ccc2c(c1)OCO2. The number of hydrogen-bond acceptors (Lipinski definition) is 7. The average Bonchev–Trinajstić information content (AvgIpc) is 3.45. The predicted octanol–water partition coefficient (Wildman–Crippen LogP) is 4.18. The lowest BCUT2D eigenvalue weighted by Crippen LogP contribution is -2.30. The van der Waals surface area contributed by atoms with Crippen LogP contribution in [0, 0.1) is 0 Å². The number of benzene rings is 2. The van der Waals surface area contributed by atoms with E-state index in [-0.39, 0.29) is 18.3 Å². The lowest BCUT2D eigenvalue weighted by atomic mass is 10.1. The van der Waals surface area contributed by atoms with Crippen LogP contribution in [0.3, 0.4) is 0 Å². The molecule has 4 aromatic rings. The Morgan fingerprint density at radius 1 is 1.22 bits per heavy atom. The second kappa shape index (κ2) is 8.68. The van der Waals surface area contributed by atoms with E-state index in [0.717, 1.165) is 16.7 Å². The molecule has 0 radical (unpaired) electrons. The lowest BCUT2D eigenvalue weighted by molar-refractivity contribution is -0.120. The molecule has 9 heteroatoms. The van der Waals surface area contributed by atoms with Gasteiger partial charge in [-0.2, -0.15) is 0 Å². The number of aromatic nitrogens is 2. The van der Waals surface area contributed by atoms with Gasteiger partial charge in [-0.15, -0.1) is 11.3 Å². The third-order valence-electron chi connectivity index (χ3n) is 5.07. The van der Waals surface area contributed by atoms with Gasteiger partial charge in [-0.3, -0.25) is 9.59 Å². The molecule has 0 unspecified atom stereocenters. The van der Waals surface area contributed by atoms with Gasteiger partial charge in [0.05, 0.1) is 10.6 Å². The summed E-state index contributed by atoms with van der Waals surface area (Å²) in [5.74, 6) is 1.24. The summed E-state index contributed by atoms with van der Waals surface area (Å²) in [6.45, 7) is 2.37. The Kier molecular flexibility index (Phi) is 5.59. The van der Waals surface area contributed by atoms with Gasteiger partial charge >= 0.3 is 0 Å². The highest BCUT2D eigenvalue weighted by atomic mass is 32.2. The summed E-state index contributed by atoms with van der Waals surface area (Å²) in [5, 5.41) is 5.42. The first-order chi connectivity index (χ1) is 15.6. The number of hydrogen-bond donors (Lipinski definition) is 2. The minimum Gasteiger partial charge on any atom is -0.454 e. The smallest absolute Gasteiger partial charge is 0.260 e. The Morgan fingerprint density at radius 3 is 2.88 bits per heavy atom. The van der Waals surface area contributed by atoms with Crippen molar-refractivity contribution in [1.29, 1.82) is 0 Å². The number of thioether (sulfide) groups is 1. The molecule has 7 nitrogen and oxygen atoms in total. The number of carbonyl (C=O) groups is 1. The minimum atomic E-state index is -0.432. The molecule has 162 valence electrons. The Bertz CT molecular complexity index is 1350. The molecule has 2 N–H and O–H groups in total. The maximum absolute atomic E-state index is 12.8. The van der Waals surface area contributed by atoms with E-state index in [4.69, 9.17) is 9.47 Å². The summed E-state index contributed by atoms with van der Waals surface area (Å²) in [6, 6.07) is 15.3. The molecule has 0 saturated carbocycles. The molecular weight excluding hydrogens is 446 g/mol. The molecule has 32 heavy (non-hydrogen) atoms. The Labute approximate surface area is 191 Å². The number of fused-ring (bicyclic) bond motifs is 2. The molecule has 0 bridgehead atoms. The molecule has 0 saturated heterocycles. The average molecular weight is 466 g/mol. The van der Waals surface area contributed by atoms with Crippen LogP contribution in [0.25, 0.3) is 21.3 Å². The Hall–Kier alpha value is -3.30. The van der Waals surface area contributed by atoms with Crippen molar-refractivity contribution in [3.05, 3.63) is 69.8 Å². The van der Waals surface area contributed by atoms with Gasteiger partial charge < -0.3 is 19.8 Å². The van der Waals surface area contributed by atoms with E-state index >= 15 is 0 Å². The van der Waals surface area contributed by atoms with Crippen molar-refractivity contribution in [2.24, 2.45) is 0 Å². The van der Waals surface area contributed by atoms with Gasteiger partial charge in [0.15, 0.2) is 16.7 Å². The number of aromatic amines is 1. The molecule has 2 aromatic carbocycles. The van der Waals surface area contributed by atoms with E-state index < -0.39 is 5.25 Å². The molecule has 1 aliphatic rings. The molecule has 1 amide bonds. The zero-order valence-corrected chi connectivity index (χ0v) is 18.7. The molecule has 0 fully saturated rings. The molecule has 0 aliphatic carbocycles. The van der Waals surface area contributed by atoms with E-state index in [1.807, 2.05) is 53.9 Å². The number of amides is 1. The number of nitrogens with one attached hydrogen (secondary N) is 2. The summed E-state index contributed by atoms with van der Waals surface area (Å²) in [4.78, 5) is 33.4. The van der Waals surface area contributed by atoms with E-state index in [2.05, 4.69) is 15.3 Å². The van der Waals surface area contributed by atoms with E-state index in [0.29, 0.717) is 33.4 Å². The van der Waals surface area contributed by atoms with E-state index in [1.54, 1.807) is 6.92 Å². The number of carbonyl (C=O) groups excluding carboxylic acids is 1. The van der Waals surface area contributed by atoms with Crippen molar-refractivity contribution in [1.82, 2.24) is 15.3 Å². The van der Waals surface area contributed by atoms with Crippen LogP contribution in [0.4, 0.5) is 0 Å². The third kappa shape index (κ3) is 4.09. The summed E-state index contributed by atoms with van der Waals surface area (Å²) >= 11 is 2.65. The van der Waals surface area contributed by atoms with Crippen LogP contribution in [0.1, 0.15) is 12.5 Å². The van der Waals surface area contributed by atoms with Gasteiger partial charge in [0.1, 0.15) is 4.83 Å². The highest BCUT2D eigenvalue weighted by molar-refractivity contribution is 8.00. The van der Waals surface area contributed by atoms with Gasteiger partial charge in [-0.05, 0) is 30.2 Å². The zero-order valence-electron chi connectivity index (χ0n) is 17.1. The number of nitrogens with zero attached hydrogens (tertiary/aromatic N) is 1. The normalized spacial score (nSPS) is 13.3. The zero-order chi connectivity index (χ0) is 22.1. The molecule has 1 atom stereocenters. The number of rotatable bonds is 6. The summed E-state index contributed by atoms with van der Waals surface area (Å²) in [6.07, 6.45) is 0. The maximum atomic E-state index is 12.8. The Morgan fingerprint density at radius 2 is 2.03 bits per heavy atom. The molecule has 1 aliphatic heterocycles. The fourth-order valence-corrected chi connectivity index (χ4v) is 5.25. The molecule has 2 aromatic heterocycles.